The van der Waals surface area contributed by atoms with Crippen LogP contribution in [-0.2, 0) is 14.6 Å². The first-order valence-corrected chi connectivity index (χ1v) is 8.05. The number of rotatable bonds is 4. The van der Waals surface area contributed by atoms with Crippen molar-refractivity contribution in [1.82, 2.24) is 0 Å². The van der Waals surface area contributed by atoms with Gasteiger partial charge in [0.05, 0.1) is 16.3 Å². The van der Waals surface area contributed by atoms with Gasteiger partial charge in [0.15, 0.2) is 15.9 Å². The first-order chi connectivity index (χ1) is 9.35. The molecule has 1 aromatic carbocycles. The van der Waals surface area contributed by atoms with Gasteiger partial charge in [0, 0.05) is 6.54 Å². The Kier molecular flexibility index (Phi) is 4.01. The SMILES string of the molecule is CC(C)C1Oc2ccc(S(=O)(=O)CCN)cc2NC1=O. The van der Waals surface area contributed by atoms with E-state index in [0.29, 0.717) is 11.4 Å². The summed E-state index contributed by atoms with van der Waals surface area (Å²) in [5, 5.41) is 2.69. The summed E-state index contributed by atoms with van der Waals surface area (Å²) in [6.45, 7) is 3.82. The zero-order valence-corrected chi connectivity index (χ0v) is 12.2. The molecule has 1 aromatic rings. The van der Waals surface area contributed by atoms with Gasteiger partial charge in [-0.3, -0.25) is 4.79 Å². The van der Waals surface area contributed by atoms with E-state index in [2.05, 4.69) is 5.32 Å². The second kappa shape index (κ2) is 5.41. The molecule has 1 atom stereocenters. The second-order valence-corrected chi connectivity index (χ2v) is 7.15. The van der Waals surface area contributed by atoms with E-state index in [1.54, 1.807) is 6.07 Å². The maximum Gasteiger partial charge on any atom is 0.265 e. The van der Waals surface area contributed by atoms with E-state index in [4.69, 9.17) is 10.5 Å². The van der Waals surface area contributed by atoms with E-state index in [1.807, 2.05) is 13.8 Å². The predicted octanol–water partition coefficient (Wildman–Crippen LogP) is 0.774. The first-order valence-electron chi connectivity index (χ1n) is 6.39. The van der Waals surface area contributed by atoms with Gasteiger partial charge in [-0.25, -0.2) is 8.42 Å². The van der Waals surface area contributed by atoms with E-state index in [9.17, 15) is 13.2 Å². The summed E-state index contributed by atoms with van der Waals surface area (Å²) < 4.78 is 29.5. The molecule has 0 radical (unpaired) electrons. The number of amides is 1. The molecule has 0 saturated carbocycles. The van der Waals surface area contributed by atoms with Crippen LogP contribution in [0.3, 0.4) is 0 Å². The predicted molar refractivity (Wildman–Crippen MR) is 75.4 cm³/mol. The lowest BCUT2D eigenvalue weighted by Gasteiger charge is -2.28. The summed E-state index contributed by atoms with van der Waals surface area (Å²) in [6, 6.07) is 4.45. The number of hydrogen-bond donors (Lipinski definition) is 2. The molecule has 0 spiro atoms. The van der Waals surface area contributed by atoms with Crippen LogP contribution in [0.15, 0.2) is 23.1 Å². The Bertz CT molecular complexity index is 625. The minimum absolute atomic E-state index is 0.0313. The maximum atomic E-state index is 11.9. The van der Waals surface area contributed by atoms with Crippen molar-refractivity contribution < 1.29 is 17.9 Å². The molecule has 7 heteroatoms. The maximum absolute atomic E-state index is 11.9. The minimum atomic E-state index is -3.42. The number of carbonyl (C=O) groups excluding carboxylic acids is 1. The van der Waals surface area contributed by atoms with Crippen molar-refractivity contribution in [3.05, 3.63) is 18.2 Å². The highest BCUT2D eigenvalue weighted by molar-refractivity contribution is 7.91. The van der Waals surface area contributed by atoms with Crippen LogP contribution in [0.1, 0.15) is 13.8 Å². The largest absolute Gasteiger partial charge is 0.478 e. The lowest BCUT2D eigenvalue weighted by atomic mass is 10.0. The third kappa shape index (κ3) is 2.78. The molecule has 20 heavy (non-hydrogen) atoms. The number of sulfone groups is 1. The zero-order valence-electron chi connectivity index (χ0n) is 11.4. The highest BCUT2D eigenvalue weighted by Gasteiger charge is 2.31. The fourth-order valence-corrected chi connectivity index (χ4v) is 3.13. The molecule has 0 bridgehead atoms. The molecule has 0 aromatic heterocycles. The van der Waals surface area contributed by atoms with Crippen molar-refractivity contribution in [3.63, 3.8) is 0 Å². The highest BCUT2D eigenvalue weighted by atomic mass is 32.2. The number of anilines is 1. The van der Waals surface area contributed by atoms with Crippen molar-refractivity contribution >= 4 is 21.4 Å². The molecule has 110 valence electrons. The number of nitrogens with two attached hydrogens (primary N) is 1. The minimum Gasteiger partial charge on any atom is -0.478 e. The Morgan fingerprint density at radius 2 is 2.10 bits per heavy atom. The molecule has 6 nitrogen and oxygen atoms in total. The number of hydrogen-bond acceptors (Lipinski definition) is 5. The van der Waals surface area contributed by atoms with Crippen LogP contribution in [-0.4, -0.2) is 32.7 Å². The standard InChI is InChI=1S/C13H18N2O4S/c1-8(2)12-13(16)15-10-7-9(3-4-11(10)19-12)20(17,18)6-5-14/h3-4,7-8,12H,5-6,14H2,1-2H3,(H,15,16). The van der Waals surface area contributed by atoms with Crippen LogP contribution < -0.4 is 15.8 Å². The third-order valence-corrected chi connectivity index (χ3v) is 4.82. The van der Waals surface area contributed by atoms with Crippen LogP contribution >= 0.6 is 0 Å². The van der Waals surface area contributed by atoms with E-state index in [-0.39, 0.29) is 29.0 Å². The number of ether oxygens (including phenoxy) is 1. The normalized spacial score (nSPS) is 18.4. The molecule has 1 unspecified atom stereocenters. The molecule has 1 aliphatic rings. The van der Waals surface area contributed by atoms with Crippen LogP contribution in [0.25, 0.3) is 0 Å². The molecular formula is C13H18N2O4S. The quantitative estimate of drug-likeness (QED) is 0.855. The molecule has 1 amide bonds. The van der Waals surface area contributed by atoms with Gasteiger partial charge in [-0.1, -0.05) is 13.8 Å². The Labute approximate surface area is 118 Å². The monoisotopic (exact) mass is 298 g/mol. The average Bonchev–Trinajstić information content (AvgIpc) is 2.36. The first kappa shape index (κ1) is 14.8. The molecular weight excluding hydrogens is 280 g/mol. The van der Waals surface area contributed by atoms with E-state index in [0.717, 1.165) is 0 Å². The van der Waals surface area contributed by atoms with Crippen molar-refractivity contribution in [1.29, 1.82) is 0 Å². The average molecular weight is 298 g/mol. The zero-order chi connectivity index (χ0) is 14.9. The summed E-state index contributed by atoms with van der Waals surface area (Å²) in [4.78, 5) is 12.0. The van der Waals surface area contributed by atoms with Gasteiger partial charge in [-0.05, 0) is 24.1 Å². The van der Waals surface area contributed by atoms with Gasteiger partial charge in [0.2, 0.25) is 0 Å². The van der Waals surface area contributed by atoms with Crippen molar-refractivity contribution in [3.8, 4) is 5.75 Å². The molecule has 1 heterocycles. The molecule has 0 saturated heterocycles. The van der Waals surface area contributed by atoms with Gasteiger partial charge >= 0.3 is 0 Å². The van der Waals surface area contributed by atoms with E-state index >= 15 is 0 Å². The van der Waals surface area contributed by atoms with Gasteiger partial charge in [-0.2, -0.15) is 0 Å². The molecule has 0 aliphatic carbocycles. The van der Waals surface area contributed by atoms with Crippen molar-refractivity contribution in [2.24, 2.45) is 11.7 Å². The summed E-state index contributed by atoms with van der Waals surface area (Å²) in [5.41, 5.74) is 5.67. The lowest BCUT2D eigenvalue weighted by molar-refractivity contribution is -0.125. The van der Waals surface area contributed by atoms with Gasteiger partial charge < -0.3 is 15.8 Å². The summed E-state index contributed by atoms with van der Waals surface area (Å²) in [7, 11) is -3.42. The van der Waals surface area contributed by atoms with E-state index < -0.39 is 15.9 Å². The number of fused-ring (bicyclic) bond motifs is 1. The highest BCUT2D eigenvalue weighted by Crippen LogP contribution is 2.33. The lowest BCUT2D eigenvalue weighted by Crippen LogP contribution is -2.40. The third-order valence-electron chi connectivity index (χ3n) is 3.07. The summed E-state index contributed by atoms with van der Waals surface area (Å²) in [6.07, 6.45) is -0.561. The van der Waals surface area contributed by atoms with Crippen LogP contribution in [0.2, 0.25) is 0 Å². The number of carbonyl (C=O) groups is 1. The molecule has 1 aliphatic heterocycles. The fourth-order valence-electron chi connectivity index (χ4n) is 2.01. The Hall–Kier alpha value is -1.60. The number of nitrogens with one attached hydrogen (secondary N) is 1. The van der Waals surface area contributed by atoms with Crippen molar-refractivity contribution in [2.45, 2.75) is 24.8 Å². The smallest absolute Gasteiger partial charge is 0.265 e. The Balaban J connectivity index is 2.35. The summed E-state index contributed by atoms with van der Waals surface area (Å²) >= 11 is 0. The second-order valence-electron chi connectivity index (χ2n) is 5.04. The van der Waals surface area contributed by atoms with Crippen LogP contribution in [0.4, 0.5) is 5.69 Å². The van der Waals surface area contributed by atoms with Crippen molar-refractivity contribution in [2.75, 3.05) is 17.6 Å². The Morgan fingerprint density at radius 1 is 1.40 bits per heavy atom. The Morgan fingerprint density at radius 3 is 2.70 bits per heavy atom. The van der Waals surface area contributed by atoms with E-state index in [1.165, 1.54) is 12.1 Å². The van der Waals surface area contributed by atoms with Crippen LogP contribution in [0.5, 0.6) is 5.75 Å². The molecule has 3 N–H and O–H groups in total. The fraction of sp³-hybridized carbons (Fsp3) is 0.462. The van der Waals surface area contributed by atoms with Gasteiger partial charge in [0.1, 0.15) is 5.75 Å². The van der Waals surface area contributed by atoms with Crippen LogP contribution in [0, 0.1) is 5.92 Å². The van der Waals surface area contributed by atoms with Gasteiger partial charge in [-0.15, -0.1) is 0 Å². The number of benzene rings is 1. The topological polar surface area (TPSA) is 98.5 Å². The molecule has 2 rings (SSSR count). The van der Waals surface area contributed by atoms with Gasteiger partial charge in [0.25, 0.3) is 5.91 Å². The molecule has 0 fully saturated rings. The summed E-state index contributed by atoms with van der Waals surface area (Å²) in [5.74, 6) is 0.120.